The number of phenols is 1. The van der Waals surface area contributed by atoms with Gasteiger partial charge in [0.05, 0.1) is 12.2 Å². The van der Waals surface area contributed by atoms with Crippen molar-refractivity contribution < 1.29 is 32.5 Å². The average molecular weight is 274 g/mol. The number of halogens is 3. The van der Waals surface area contributed by atoms with E-state index in [-0.39, 0.29) is 12.2 Å². The molecule has 0 heterocycles. The number of phenolic OH excluding ortho intramolecular Hbond substituents is 1. The summed E-state index contributed by atoms with van der Waals surface area (Å²) in [5.41, 5.74) is -0.0115. The summed E-state index contributed by atoms with van der Waals surface area (Å²) in [5, 5.41) is 9.43. The van der Waals surface area contributed by atoms with E-state index in [9.17, 15) is 23.1 Å². The maximum Gasteiger partial charge on any atom is 0.573 e. The molecule has 0 aliphatic heterocycles. The van der Waals surface area contributed by atoms with Crippen LogP contribution in [0.3, 0.4) is 0 Å². The van der Waals surface area contributed by atoms with Gasteiger partial charge in [0.2, 0.25) is 0 Å². The third kappa shape index (κ3) is 5.21. The van der Waals surface area contributed by atoms with E-state index in [0.29, 0.717) is 0 Å². The molecular weight excluding hydrogens is 265 g/mol. The summed E-state index contributed by atoms with van der Waals surface area (Å²) in [4.78, 5) is 10.9. The quantitative estimate of drug-likeness (QED) is 0.663. The molecule has 0 unspecified atom stereocenters. The Bertz CT molecular complexity index is 526. The van der Waals surface area contributed by atoms with Gasteiger partial charge in [0, 0.05) is 12.0 Å². The van der Waals surface area contributed by atoms with Crippen LogP contribution in [0, 0.1) is 11.8 Å². The highest BCUT2D eigenvalue weighted by molar-refractivity contribution is 5.89. The third-order valence-electron chi connectivity index (χ3n) is 1.78. The molecule has 0 fully saturated rings. The number of benzene rings is 1. The van der Waals surface area contributed by atoms with Crippen LogP contribution in [0.25, 0.3) is 0 Å². The Balaban J connectivity index is 2.86. The number of alkyl halides is 3. The minimum atomic E-state index is -4.84. The molecule has 0 spiro atoms. The normalized spacial score (nSPS) is 10.3. The molecule has 1 rings (SSSR count). The van der Waals surface area contributed by atoms with E-state index in [2.05, 4.69) is 21.3 Å². The fourth-order valence-electron chi connectivity index (χ4n) is 1.10. The summed E-state index contributed by atoms with van der Waals surface area (Å²) in [6.07, 6.45) is -4.84. The van der Waals surface area contributed by atoms with Crippen LogP contribution in [0.5, 0.6) is 11.5 Å². The second kappa shape index (κ2) is 6.00. The molecule has 102 valence electrons. The van der Waals surface area contributed by atoms with Crippen molar-refractivity contribution in [3.63, 3.8) is 0 Å². The fraction of sp³-hybridized carbons (Fsp3) is 0.250. The summed E-state index contributed by atoms with van der Waals surface area (Å²) in [7, 11) is 0. The molecule has 0 saturated carbocycles. The van der Waals surface area contributed by atoms with Gasteiger partial charge in [-0.15, -0.1) is 13.2 Å². The summed E-state index contributed by atoms with van der Waals surface area (Å²) < 4.78 is 43.9. The van der Waals surface area contributed by atoms with E-state index >= 15 is 0 Å². The van der Waals surface area contributed by atoms with Crippen LogP contribution in [0.15, 0.2) is 18.2 Å². The van der Waals surface area contributed by atoms with Crippen LogP contribution < -0.4 is 4.74 Å². The first-order chi connectivity index (χ1) is 8.81. The SMILES string of the molecule is CCOC(=O)C#Cc1ccc(OC(F)(F)F)cc1O. The van der Waals surface area contributed by atoms with Crippen LogP contribution in [0.4, 0.5) is 13.2 Å². The van der Waals surface area contributed by atoms with Crippen LogP contribution in [0.1, 0.15) is 12.5 Å². The zero-order chi connectivity index (χ0) is 14.5. The average Bonchev–Trinajstić information content (AvgIpc) is 2.26. The molecule has 1 aromatic carbocycles. The number of ether oxygens (including phenoxy) is 2. The Hall–Kier alpha value is -2.36. The lowest BCUT2D eigenvalue weighted by atomic mass is 10.2. The number of rotatable bonds is 2. The smallest absolute Gasteiger partial charge is 0.507 e. The van der Waals surface area contributed by atoms with Gasteiger partial charge in [-0.05, 0) is 19.1 Å². The van der Waals surface area contributed by atoms with E-state index in [4.69, 9.17) is 0 Å². The Morgan fingerprint density at radius 2 is 2.11 bits per heavy atom. The second-order valence-corrected chi connectivity index (χ2v) is 3.20. The minimum absolute atomic E-state index is 0.0115. The number of aromatic hydroxyl groups is 1. The van der Waals surface area contributed by atoms with Gasteiger partial charge in [-0.25, -0.2) is 4.79 Å². The molecule has 1 N–H and O–H groups in total. The van der Waals surface area contributed by atoms with Gasteiger partial charge in [0.25, 0.3) is 0 Å². The van der Waals surface area contributed by atoms with Crippen molar-refractivity contribution in [3.05, 3.63) is 23.8 Å². The zero-order valence-corrected chi connectivity index (χ0v) is 9.75. The predicted octanol–water partition coefficient (Wildman–Crippen LogP) is 2.21. The lowest BCUT2D eigenvalue weighted by Crippen LogP contribution is -2.17. The van der Waals surface area contributed by atoms with Crippen molar-refractivity contribution in [2.45, 2.75) is 13.3 Å². The molecule has 7 heteroatoms. The lowest BCUT2D eigenvalue weighted by molar-refractivity contribution is -0.274. The highest BCUT2D eigenvalue weighted by Crippen LogP contribution is 2.27. The summed E-state index contributed by atoms with van der Waals surface area (Å²) >= 11 is 0. The van der Waals surface area contributed by atoms with Crippen molar-refractivity contribution in [1.29, 1.82) is 0 Å². The summed E-state index contributed by atoms with van der Waals surface area (Å²) in [6.45, 7) is 1.75. The molecule has 0 bridgehead atoms. The maximum absolute atomic E-state index is 11.9. The maximum atomic E-state index is 11.9. The molecule has 0 aromatic heterocycles. The second-order valence-electron chi connectivity index (χ2n) is 3.20. The number of hydrogen-bond donors (Lipinski definition) is 1. The summed E-state index contributed by atoms with van der Waals surface area (Å²) in [5.74, 6) is 2.45. The molecule has 0 aliphatic rings. The number of esters is 1. The van der Waals surface area contributed by atoms with Crippen LogP contribution in [-0.4, -0.2) is 24.0 Å². The third-order valence-corrected chi connectivity index (χ3v) is 1.78. The van der Waals surface area contributed by atoms with Crippen molar-refractivity contribution in [2.24, 2.45) is 0 Å². The molecule has 1 aromatic rings. The Labute approximate surface area is 106 Å². The van der Waals surface area contributed by atoms with Gasteiger partial charge in [0.15, 0.2) is 0 Å². The van der Waals surface area contributed by atoms with E-state index in [1.54, 1.807) is 6.92 Å². The Morgan fingerprint density at radius 3 is 2.63 bits per heavy atom. The number of carbonyl (C=O) groups is 1. The molecule has 4 nitrogen and oxygen atoms in total. The Kier molecular flexibility index (Phi) is 4.64. The van der Waals surface area contributed by atoms with Crippen LogP contribution in [0.2, 0.25) is 0 Å². The van der Waals surface area contributed by atoms with E-state index in [1.807, 2.05) is 0 Å². The van der Waals surface area contributed by atoms with Crippen molar-refractivity contribution >= 4 is 5.97 Å². The van der Waals surface area contributed by atoms with Gasteiger partial charge in [-0.2, -0.15) is 0 Å². The van der Waals surface area contributed by atoms with E-state index in [1.165, 1.54) is 0 Å². The molecule has 19 heavy (non-hydrogen) atoms. The van der Waals surface area contributed by atoms with Crippen molar-refractivity contribution in [2.75, 3.05) is 6.61 Å². The highest BCUT2D eigenvalue weighted by Gasteiger charge is 2.31. The van der Waals surface area contributed by atoms with Gasteiger partial charge >= 0.3 is 12.3 Å². The first-order valence-corrected chi connectivity index (χ1v) is 5.09. The first-order valence-electron chi connectivity index (χ1n) is 5.09. The molecule has 0 saturated heterocycles. The van der Waals surface area contributed by atoms with Crippen molar-refractivity contribution in [3.8, 4) is 23.3 Å². The Morgan fingerprint density at radius 1 is 1.42 bits per heavy atom. The summed E-state index contributed by atoms with van der Waals surface area (Å²) in [6, 6.07) is 2.83. The van der Waals surface area contributed by atoms with Crippen LogP contribution in [-0.2, 0) is 9.53 Å². The largest absolute Gasteiger partial charge is 0.573 e. The number of carbonyl (C=O) groups excluding carboxylic acids is 1. The van der Waals surface area contributed by atoms with Crippen LogP contribution >= 0.6 is 0 Å². The predicted molar refractivity (Wildman–Crippen MR) is 58.3 cm³/mol. The lowest BCUT2D eigenvalue weighted by Gasteiger charge is -2.09. The minimum Gasteiger partial charge on any atom is -0.507 e. The molecular formula is C12H9F3O4. The highest BCUT2D eigenvalue weighted by atomic mass is 19.4. The van der Waals surface area contributed by atoms with E-state index < -0.39 is 23.8 Å². The first kappa shape index (κ1) is 14.7. The van der Waals surface area contributed by atoms with Gasteiger partial charge in [0.1, 0.15) is 11.5 Å². The van der Waals surface area contributed by atoms with Crippen molar-refractivity contribution in [1.82, 2.24) is 0 Å². The van der Waals surface area contributed by atoms with E-state index in [0.717, 1.165) is 18.2 Å². The van der Waals surface area contributed by atoms with Gasteiger partial charge in [-0.3, -0.25) is 0 Å². The zero-order valence-electron chi connectivity index (χ0n) is 9.75. The molecule has 0 aliphatic carbocycles. The number of hydrogen-bond acceptors (Lipinski definition) is 4. The fourth-order valence-corrected chi connectivity index (χ4v) is 1.10. The topological polar surface area (TPSA) is 55.8 Å². The van der Waals surface area contributed by atoms with Gasteiger partial charge < -0.3 is 14.6 Å². The monoisotopic (exact) mass is 274 g/mol. The molecule has 0 atom stereocenters. The molecule has 0 radical (unpaired) electrons. The molecule has 0 amide bonds. The van der Waals surface area contributed by atoms with Gasteiger partial charge in [-0.1, -0.05) is 5.92 Å². The standard InChI is InChI=1S/C12H9F3O4/c1-2-18-11(17)6-4-8-3-5-9(7-10(8)16)19-12(13,14)15/h3,5,7,16H,2H2,1H3.